The summed E-state index contributed by atoms with van der Waals surface area (Å²) in [6.07, 6.45) is 2.03. The summed E-state index contributed by atoms with van der Waals surface area (Å²) < 4.78 is 8.25. The molecule has 4 heterocycles. The fourth-order valence-corrected chi connectivity index (χ4v) is 10.4. The number of nitrogens with two attached hydrogens (primary N) is 1. The number of fused-ring (bicyclic) bond motifs is 5. The van der Waals surface area contributed by atoms with Crippen molar-refractivity contribution in [3.8, 4) is 22.1 Å². The van der Waals surface area contributed by atoms with E-state index in [-0.39, 0.29) is 36.8 Å². The molecule has 0 radical (unpaired) electrons. The Kier molecular flexibility index (Phi) is 7.48. The first-order valence-corrected chi connectivity index (χ1v) is 17.9. The van der Waals surface area contributed by atoms with E-state index in [1.54, 1.807) is 45.2 Å². The van der Waals surface area contributed by atoms with Gasteiger partial charge in [0.15, 0.2) is 11.5 Å². The average Bonchev–Trinajstić information content (AvgIpc) is 3.76. The van der Waals surface area contributed by atoms with E-state index in [4.69, 9.17) is 27.2 Å². The maximum absolute atomic E-state index is 15.0. The van der Waals surface area contributed by atoms with Crippen molar-refractivity contribution in [3.63, 3.8) is 0 Å². The van der Waals surface area contributed by atoms with Crippen molar-refractivity contribution in [2.45, 2.75) is 39.5 Å². The molecule has 262 valence electrons. The van der Waals surface area contributed by atoms with Crippen LogP contribution in [-0.4, -0.2) is 56.1 Å². The first kappa shape index (κ1) is 33.2. The van der Waals surface area contributed by atoms with E-state index in [2.05, 4.69) is 0 Å². The quantitative estimate of drug-likeness (QED) is 0.196. The number of hydrogen-bond donors (Lipinski definition) is 2. The molecule has 1 saturated carbocycles. The molecular weight excluding hydrogens is 694 g/mol. The minimum Gasteiger partial charge on any atom is -0.504 e. The monoisotopic (exact) mass is 727 g/mol. The Bertz CT molecular complexity index is 2280. The predicted octanol–water partition coefficient (Wildman–Crippen LogP) is 5.68. The molecule has 0 bridgehead atoms. The fraction of sp³-hybridized carbons (Fsp3) is 0.351. The molecule has 6 amide bonds. The number of allylic oxidation sites excluding steroid dienone is 2. The molecule has 0 spiro atoms. The van der Waals surface area contributed by atoms with Crippen LogP contribution in [0.25, 0.3) is 20.7 Å². The third-order valence-corrected chi connectivity index (χ3v) is 12.9. The number of rotatable bonds is 5. The van der Waals surface area contributed by atoms with Crippen LogP contribution in [0, 0.1) is 36.0 Å². The van der Waals surface area contributed by atoms with E-state index < -0.39 is 64.7 Å². The second kappa shape index (κ2) is 11.5. The Morgan fingerprint density at radius 2 is 1.88 bits per heavy atom. The van der Waals surface area contributed by atoms with Gasteiger partial charge in [-0.3, -0.25) is 23.9 Å². The highest BCUT2D eigenvalue weighted by Gasteiger charge is 2.68. The van der Waals surface area contributed by atoms with E-state index in [0.29, 0.717) is 26.8 Å². The van der Waals surface area contributed by atoms with Gasteiger partial charge in [0.2, 0.25) is 23.6 Å². The smallest absolute Gasteiger partial charge is 0.328 e. The number of halogens is 1. The number of urea groups is 1. The number of benzene rings is 2. The summed E-state index contributed by atoms with van der Waals surface area (Å²) in [6, 6.07) is 11.3. The number of primary amides is 1. The molecule has 51 heavy (non-hydrogen) atoms. The van der Waals surface area contributed by atoms with Crippen molar-refractivity contribution in [1.82, 2.24) is 14.7 Å². The van der Waals surface area contributed by atoms with Gasteiger partial charge in [0.25, 0.3) is 0 Å². The normalized spacial score (nSPS) is 27.2. The van der Waals surface area contributed by atoms with Crippen LogP contribution in [0.2, 0.25) is 5.02 Å². The number of aromatic nitrogens is 2. The number of phenolic OH excluding ortho intramolecular Hbond substituents is 1. The van der Waals surface area contributed by atoms with Crippen LogP contribution in [0.15, 0.2) is 54.1 Å². The highest BCUT2D eigenvalue weighted by Crippen LogP contribution is 2.65. The number of ether oxygens (including phenoxy) is 1. The fourth-order valence-electron chi connectivity index (χ4n) is 9.05. The molecule has 2 aliphatic carbocycles. The van der Waals surface area contributed by atoms with Crippen molar-refractivity contribution >= 4 is 68.5 Å². The minimum absolute atomic E-state index is 0.0689. The Balaban J connectivity index is 1.27. The number of carbonyl (C=O) groups excluding carboxylic acids is 5. The molecule has 2 aromatic heterocycles. The van der Waals surface area contributed by atoms with Gasteiger partial charge < -0.3 is 15.6 Å². The van der Waals surface area contributed by atoms with Crippen LogP contribution < -0.4 is 15.4 Å². The zero-order valence-corrected chi connectivity index (χ0v) is 29.7. The number of nitrogens with zero attached hydrogens (tertiary/aromatic N) is 4. The van der Waals surface area contributed by atoms with E-state index in [1.165, 1.54) is 20.9 Å². The number of phenols is 1. The number of carbonyl (C=O) groups is 5. The lowest BCUT2D eigenvalue weighted by Gasteiger charge is -2.49. The predicted molar refractivity (Wildman–Crippen MR) is 189 cm³/mol. The van der Waals surface area contributed by atoms with Crippen LogP contribution in [0.4, 0.5) is 10.6 Å². The molecule has 14 heteroatoms. The highest BCUT2D eigenvalue weighted by molar-refractivity contribution is 7.22. The minimum atomic E-state index is -1.42. The lowest BCUT2D eigenvalue weighted by molar-refractivity contribution is -0.136. The average molecular weight is 728 g/mol. The number of likely N-dealkylation sites (tertiary alicyclic amines) is 1. The Morgan fingerprint density at radius 3 is 2.61 bits per heavy atom. The maximum atomic E-state index is 15.0. The lowest BCUT2D eigenvalue weighted by atomic mass is 9.51. The van der Waals surface area contributed by atoms with Gasteiger partial charge in [-0.1, -0.05) is 35.4 Å². The summed E-state index contributed by atoms with van der Waals surface area (Å²) in [4.78, 5) is 71.5. The first-order valence-electron chi connectivity index (χ1n) is 16.7. The molecule has 0 unspecified atom stereocenters. The number of aryl methyl sites for hydroxylation is 2. The Morgan fingerprint density at radius 1 is 1.12 bits per heavy atom. The number of thiophene rings is 1. The molecule has 3 fully saturated rings. The maximum Gasteiger partial charge on any atom is 0.328 e. The number of aromatic hydroxyl groups is 1. The molecule has 2 aromatic carbocycles. The van der Waals surface area contributed by atoms with E-state index in [9.17, 15) is 24.3 Å². The van der Waals surface area contributed by atoms with Crippen LogP contribution in [0.3, 0.4) is 0 Å². The van der Waals surface area contributed by atoms with Gasteiger partial charge in [-0.05, 0) is 74.7 Å². The highest BCUT2D eigenvalue weighted by atomic mass is 35.5. The molecule has 2 aliphatic heterocycles. The number of amides is 6. The zero-order valence-electron chi connectivity index (χ0n) is 28.2. The molecule has 8 rings (SSSR count). The SMILES string of the molecule is CCOc1cccc([C@H]2C3=CC[C@@H]4C(=O)N(C(N)=O)C(=O)[C@@H]4[C@@H]3C[C@H]3C(=O)N(c4cc(-c5sc6ccc(Cl)cc6c5C)nn4C)C(=O)[C@@]23C)c1O. The summed E-state index contributed by atoms with van der Waals surface area (Å²) in [5.41, 5.74) is 6.62. The summed E-state index contributed by atoms with van der Waals surface area (Å²) in [7, 11) is 1.67. The molecule has 4 aromatic rings. The van der Waals surface area contributed by atoms with Gasteiger partial charge in [0.1, 0.15) is 11.5 Å². The standard InChI is InChI=1S/C37H34ClN5O7S/c1-5-50-25-8-6-7-20(30(25)44)29-18-10-11-19-28(34(47)43(32(19)45)36(39)49)22(18)14-23-33(46)42(35(48)37(23,29)3)27-15-24(40-41(27)4)31-16(2)21-13-17(38)9-12-26(21)51-31/h6-10,12-13,15,19,22-23,28-29,44H,5,11,14H2,1-4H3,(H2,39,49)/t19-,22+,23-,28-,29+,37+/m0/s1. The van der Waals surface area contributed by atoms with Gasteiger partial charge in [-0.15, -0.1) is 11.3 Å². The van der Waals surface area contributed by atoms with Gasteiger partial charge in [-0.2, -0.15) is 10.00 Å². The third kappa shape index (κ3) is 4.50. The molecule has 12 nitrogen and oxygen atoms in total. The molecule has 2 saturated heterocycles. The van der Waals surface area contributed by atoms with Crippen molar-refractivity contribution in [1.29, 1.82) is 0 Å². The van der Waals surface area contributed by atoms with E-state index in [0.717, 1.165) is 20.5 Å². The van der Waals surface area contributed by atoms with Gasteiger partial charge in [0.05, 0.1) is 34.7 Å². The van der Waals surface area contributed by atoms with Crippen LogP contribution >= 0.6 is 22.9 Å². The van der Waals surface area contributed by atoms with Crippen LogP contribution in [0.1, 0.15) is 43.7 Å². The zero-order chi connectivity index (χ0) is 36.3. The molecular formula is C37H34ClN5O7S. The van der Waals surface area contributed by atoms with Gasteiger partial charge >= 0.3 is 6.03 Å². The summed E-state index contributed by atoms with van der Waals surface area (Å²) in [6.45, 7) is 5.76. The molecule has 4 aliphatic rings. The first-order chi connectivity index (χ1) is 24.3. The number of imide groups is 4. The lowest BCUT2D eigenvalue weighted by Crippen LogP contribution is -2.49. The van der Waals surface area contributed by atoms with Crippen LogP contribution in [0.5, 0.6) is 11.5 Å². The van der Waals surface area contributed by atoms with Crippen molar-refractivity contribution in [2.75, 3.05) is 11.5 Å². The Labute approximate surface area is 301 Å². The molecule has 6 atom stereocenters. The van der Waals surface area contributed by atoms with Crippen molar-refractivity contribution in [3.05, 3.63) is 70.3 Å². The number of para-hydroxylation sites is 1. The van der Waals surface area contributed by atoms with Crippen molar-refractivity contribution in [2.24, 2.45) is 41.9 Å². The third-order valence-electron chi connectivity index (χ3n) is 11.4. The summed E-state index contributed by atoms with van der Waals surface area (Å²) in [5, 5.41) is 18.0. The van der Waals surface area contributed by atoms with Crippen LogP contribution in [-0.2, 0) is 26.2 Å². The van der Waals surface area contributed by atoms with E-state index >= 15 is 4.79 Å². The summed E-state index contributed by atoms with van der Waals surface area (Å²) in [5.74, 6) is -6.35. The second-order valence-electron chi connectivity index (χ2n) is 13.8. The Hall–Kier alpha value is -5.01. The topological polar surface area (TPSA) is 165 Å². The second-order valence-corrected chi connectivity index (χ2v) is 15.3. The largest absolute Gasteiger partial charge is 0.504 e. The van der Waals surface area contributed by atoms with Gasteiger partial charge in [0, 0.05) is 34.3 Å². The molecule has 3 N–H and O–H groups in total. The number of anilines is 1. The van der Waals surface area contributed by atoms with E-state index in [1.807, 2.05) is 31.2 Å². The van der Waals surface area contributed by atoms with Gasteiger partial charge in [-0.25, -0.2) is 9.69 Å². The number of hydrogen-bond acceptors (Lipinski definition) is 9. The van der Waals surface area contributed by atoms with Crippen molar-refractivity contribution < 1.29 is 33.8 Å². The summed E-state index contributed by atoms with van der Waals surface area (Å²) >= 11 is 7.82.